The van der Waals surface area contributed by atoms with E-state index in [1.165, 1.54) is 9.75 Å². The number of nitrogens with zero attached hydrogens (tertiary/aromatic N) is 2. The highest BCUT2D eigenvalue weighted by atomic mass is 35.5. The van der Waals surface area contributed by atoms with Crippen LogP contribution in [0.3, 0.4) is 0 Å². The predicted octanol–water partition coefficient (Wildman–Crippen LogP) is 4.27. The SMILES string of the molecule is ClCc1noc(-c2ccc(-c3cccs3)s2)n1. The summed E-state index contributed by atoms with van der Waals surface area (Å²) in [5.74, 6) is 1.33. The molecule has 3 rings (SSSR count). The van der Waals surface area contributed by atoms with E-state index in [1.54, 1.807) is 22.7 Å². The zero-order valence-corrected chi connectivity index (χ0v) is 11.0. The molecule has 0 N–H and O–H groups in total. The molecule has 0 saturated carbocycles. The van der Waals surface area contributed by atoms with Gasteiger partial charge in [-0.2, -0.15) is 4.98 Å². The monoisotopic (exact) mass is 282 g/mol. The van der Waals surface area contributed by atoms with Crippen molar-refractivity contribution in [1.82, 2.24) is 10.1 Å². The molecule has 0 atom stereocenters. The third-order valence-corrected chi connectivity index (χ3v) is 4.55. The molecule has 0 aliphatic heterocycles. The average Bonchev–Trinajstić information content (AvgIpc) is 3.09. The molecule has 0 spiro atoms. The zero-order valence-electron chi connectivity index (χ0n) is 8.59. The summed E-state index contributed by atoms with van der Waals surface area (Å²) >= 11 is 8.99. The van der Waals surface area contributed by atoms with E-state index in [9.17, 15) is 0 Å². The van der Waals surface area contributed by atoms with Crippen molar-refractivity contribution in [2.75, 3.05) is 0 Å². The Kier molecular flexibility index (Phi) is 2.96. The van der Waals surface area contributed by atoms with Crippen LogP contribution in [0.25, 0.3) is 20.5 Å². The second kappa shape index (κ2) is 4.60. The highest BCUT2D eigenvalue weighted by Gasteiger charge is 2.11. The molecule has 0 aliphatic rings. The van der Waals surface area contributed by atoms with Crippen molar-refractivity contribution in [3.05, 3.63) is 35.5 Å². The lowest BCUT2D eigenvalue weighted by Crippen LogP contribution is -1.78. The van der Waals surface area contributed by atoms with Crippen LogP contribution in [0.15, 0.2) is 34.2 Å². The van der Waals surface area contributed by atoms with Crippen molar-refractivity contribution < 1.29 is 4.52 Å². The second-order valence-corrected chi connectivity index (χ2v) is 5.59. The maximum atomic E-state index is 5.63. The molecule has 3 aromatic rings. The minimum Gasteiger partial charge on any atom is -0.333 e. The molecular formula is C11H7ClN2OS2. The van der Waals surface area contributed by atoms with Crippen LogP contribution in [0.1, 0.15) is 5.82 Å². The average molecular weight is 283 g/mol. The molecule has 0 saturated heterocycles. The molecule has 6 heteroatoms. The lowest BCUT2D eigenvalue weighted by Gasteiger charge is -1.87. The third-order valence-electron chi connectivity index (χ3n) is 2.17. The van der Waals surface area contributed by atoms with Crippen molar-refractivity contribution >= 4 is 34.3 Å². The van der Waals surface area contributed by atoms with Crippen molar-refractivity contribution in [3.8, 4) is 20.5 Å². The second-order valence-electron chi connectivity index (χ2n) is 3.29. The van der Waals surface area contributed by atoms with Crippen molar-refractivity contribution in [2.45, 2.75) is 5.88 Å². The van der Waals surface area contributed by atoms with E-state index in [1.807, 2.05) is 12.1 Å². The maximum Gasteiger partial charge on any atom is 0.268 e. The van der Waals surface area contributed by atoms with E-state index in [-0.39, 0.29) is 5.88 Å². The molecule has 3 nitrogen and oxygen atoms in total. The van der Waals surface area contributed by atoms with Crippen molar-refractivity contribution in [3.63, 3.8) is 0 Å². The number of thiophene rings is 2. The molecule has 0 fully saturated rings. The van der Waals surface area contributed by atoms with Gasteiger partial charge in [-0.25, -0.2) is 0 Å². The Bertz CT molecular complexity index is 615. The molecule has 0 amide bonds. The highest BCUT2D eigenvalue weighted by Crippen LogP contribution is 2.35. The fourth-order valence-corrected chi connectivity index (χ4v) is 3.28. The van der Waals surface area contributed by atoms with Gasteiger partial charge in [0.1, 0.15) is 0 Å². The van der Waals surface area contributed by atoms with Crippen LogP contribution in [0.5, 0.6) is 0 Å². The van der Waals surface area contributed by atoms with E-state index >= 15 is 0 Å². The first-order valence-electron chi connectivity index (χ1n) is 4.89. The topological polar surface area (TPSA) is 38.9 Å². The van der Waals surface area contributed by atoms with Gasteiger partial charge in [0.2, 0.25) is 0 Å². The summed E-state index contributed by atoms with van der Waals surface area (Å²) in [6, 6.07) is 8.19. The van der Waals surface area contributed by atoms with E-state index in [2.05, 4.69) is 27.7 Å². The maximum absolute atomic E-state index is 5.63. The summed E-state index contributed by atoms with van der Waals surface area (Å²) in [4.78, 5) is 7.62. The van der Waals surface area contributed by atoms with Gasteiger partial charge < -0.3 is 4.52 Å². The minimum absolute atomic E-state index is 0.270. The van der Waals surface area contributed by atoms with E-state index in [0.717, 1.165) is 4.88 Å². The van der Waals surface area contributed by atoms with Crippen LogP contribution in [0.4, 0.5) is 0 Å². The molecule has 3 heterocycles. The summed E-state index contributed by atoms with van der Waals surface area (Å²) < 4.78 is 5.14. The molecule has 3 aromatic heterocycles. The fraction of sp³-hybridized carbons (Fsp3) is 0.0909. The molecule has 17 heavy (non-hydrogen) atoms. The van der Waals surface area contributed by atoms with Crippen molar-refractivity contribution in [2.24, 2.45) is 0 Å². The van der Waals surface area contributed by atoms with Gasteiger partial charge in [-0.3, -0.25) is 0 Å². The Labute approximate surface area is 111 Å². The van der Waals surface area contributed by atoms with E-state index in [0.29, 0.717) is 11.7 Å². The third kappa shape index (κ3) is 2.13. The highest BCUT2D eigenvalue weighted by molar-refractivity contribution is 7.23. The molecule has 0 radical (unpaired) electrons. The molecule has 0 unspecified atom stereocenters. The number of hydrogen-bond acceptors (Lipinski definition) is 5. The molecular weight excluding hydrogens is 276 g/mol. The Morgan fingerprint density at radius 1 is 1.18 bits per heavy atom. The summed E-state index contributed by atoms with van der Waals surface area (Å²) in [7, 11) is 0. The number of halogens is 1. The smallest absolute Gasteiger partial charge is 0.268 e. The van der Waals surface area contributed by atoms with Crippen LogP contribution in [0, 0.1) is 0 Å². The Morgan fingerprint density at radius 2 is 2.06 bits per heavy atom. The molecule has 86 valence electrons. The summed E-state index contributed by atoms with van der Waals surface area (Å²) in [6.07, 6.45) is 0. The molecule has 0 bridgehead atoms. The van der Waals surface area contributed by atoms with Crippen LogP contribution >= 0.6 is 34.3 Å². The summed E-state index contributed by atoms with van der Waals surface area (Å²) in [5.41, 5.74) is 0. The van der Waals surface area contributed by atoms with Gasteiger partial charge in [-0.05, 0) is 23.6 Å². The van der Waals surface area contributed by atoms with Gasteiger partial charge in [0.15, 0.2) is 5.82 Å². The quantitative estimate of drug-likeness (QED) is 0.674. The Hall–Kier alpha value is -1.17. The van der Waals surface area contributed by atoms with Gasteiger partial charge in [-0.1, -0.05) is 11.2 Å². The molecule has 0 aromatic carbocycles. The van der Waals surface area contributed by atoms with Gasteiger partial charge in [-0.15, -0.1) is 34.3 Å². The van der Waals surface area contributed by atoms with Crippen LogP contribution in [-0.2, 0) is 5.88 Å². The Balaban J connectivity index is 1.94. The van der Waals surface area contributed by atoms with Gasteiger partial charge in [0.25, 0.3) is 5.89 Å². The number of rotatable bonds is 3. The Morgan fingerprint density at radius 3 is 2.76 bits per heavy atom. The van der Waals surface area contributed by atoms with Crippen LogP contribution < -0.4 is 0 Å². The fourth-order valence-electron chi connectivity index (χ4n) is 1.41. The first-order chi connectivity index (χ1) is 8.36. The first-order valence-corrected chi connectivity index (χ1v) is 7.12. The normalized spacial score (nSPS) is 10.9. The lowest BCUT2D eigenvalue weighted by molar-refractivity contribution is 0.426. The number of hydrogen-bond donors (Lipinski definition) is 0. The van der Waals surface area contributed by atoms with E-state index < -0.39 is 0 Å². The van der Waals surface area contributed by atoms with Gasteiger partial charge >= 0.3 is 0 Å². The lowest BCUT2D eigenvalue weighted by atomic mass is 10.4. The van der Waals surface area contributed by atoms with Crippen molar-refractivity contribution in [1.29, 1.82) is 0 Å². The number of aromatic nitrogens is 2. The van der Waals surface area contributed by atoms with E-state index in [4.69, 9.17) is 16.1 Å². The molecule has 0 aliphatic carbocycles. The minimum atomic E-state index is 0.270. The largest absolute Gasteiger partial charge is 0.333 e. The number of alkyl halides is 1. The summed E-state index contributed by atoms with van der Waals surface area (Å²) in [6.45, 7) is 0. The van der Waals surface area contributed by atoms with Gasteiger partial charge in [0.05, 0.1) is 10.8 Å². The van der Waals surface area contributed by atoms with Gasteiger partial charge in [0, 0.05) is 9.75 Å². The van der Waals surface area contributed by atoms with Crippen LogP contribution in [0.2, 0.25) is 0 Å². The van der Waals surface area contributed by atoms with Crippen LogP contribution in [-0.4, -0.2) is 10.1 Å². The predicted molar refractivity (Wildman–Crippen MR) is 70.5 cm³/mol. The zero-order chi connectivity index (χ0) is 11.7. The summed E-state index contributed by atoms with van der Waals surface area (Å²) in [5, 5.41) is 5.84. The first kappa shape index (κ1) is 11.0. The standard InChI is InChI=1S/C11H7ClN2OS2/c12-6-10-13-11(15-14-10)9-4-3-8(17-9)7-2-1-5-16-7/h1-5H,6H2.